The topological polar surface area (TPSA) is 79.5 Å². The van der Waals surface area contributed by atoms with Gasteiger partial charge in [0.05, 0.1) is 11.3 Å². The lowest BCUT2D eigenvalue weighted by Crippen LogP contribution is -2.20. The lowest BCUT2D eigenvalue weighted by molar-refractivity contribution is -0.118. The molecule has 4 aromatic rings. The Hall–Kier alpha value is -4.58. The third-order valence-electron chi connectivity index (χ3n) is 4.74. The largest absolute Gasteiger partial charge is 0.484 e. The fraction of sp³-hybridized carbons (Fsp3) is 0.0370. The molecule has 6 heteroatoms. The molecule has 33 heavy (non-hydrogen) atoms. The minimum absolute atomic E-state index is 0.112. The van der Waals surface area contributed by atoms with Gasteiger partial charge in [-0.1, -0.05) is 54.6 Å². The molecule has 164 valence electrons. The van der Waals surface area contributed by atoms with Gasteiger partial charge in [-0.3, -0.25) is 9.59 Å². The summed E-state index contributed by atoms with van der Waals surface area (Å²) in [5, 5.41) is 8.95. The zero-order valence-electron chi connectivity index (χ0n) is 17.8. The zero-order valence-corrected chi connectivity index (χ0v) is 17.8. The van der Waals surface area contributed by atoms with E-state index in [1.165, 1.54) is 0 Å². The van der Waals surface area contributed by atoms with E-state index in [0.717, 1.165) is 5.69 Å². The molecule has 0 saturated heterocycles. The van der Waals surface area contributed by atoms with Crippen molar-refractivity contribution in [3.63, 3.8) is 0 Å². The van der Waals surface area contributed by atoms with Crippen LogP contribution in [0.25, 0.3) is 0 Å². The van der Waals surface area contributed by atoms with Crippen LogP contribution in [0.2, 0.25) is 0 Å². The number of amides is 2. The number of hydrogen-bond donors (Lipinski definition) is 3. The number of ether oxygens (including phenoxy) is 1. The molecule has 0 bridgehead atoms. The van der Waals surface area contributed by atoms with E-state index in [1.807, 2.05) is 66.7 Å². The molecule has 0 saturated carbocycles. The maximum atomic E-state index is 13.0. The van der Waals surface area contributed by atoms with Crippen molar-refractivity contribution in [3.05, 3.63) is 115 Å². The molecule has 3 N–H and O–H groups in total. The summed E-state index contributed by atoms with van der Waals surface area (Å²) in [6, 6.07) is 33.1. The van der Waals surface area contributed by atoms with Gasteiger partial charge in [0.25, 0.3) is 11.8 Å². The number of rotatable bonds is 8. The van der Waals surface area contributed by atoms with Gasteiger partial charge in [0.2, 0.25) is 0 Å². The Labute approximate surface area is 192 Å². The highest BCUT2D eigenvalue weighted by Crippen LogP contribution is 2.23. The highest BCUT2D eigenvalue weighted by atomic mass is 16.5. The highest BCUT2D eigenvalue weighted by Gasteiger charge is 2.12. The first-order valence-corrected chi connectivity index (χ1v) is 10.5. The molecule has 0 aliphatic carbocycles. The minimum atomic E-state index is -0.292. The van der Waals surface area contributed by atoms with Gasteiger partial charge in [0, 0.05) is 17.1 Å². The highest BCUT2D eigenvalue weighted by molar-refractivity contribution is 6.08. The van der Waals surface area contributed by atoms with E-state index < -0.39 is 0 Å². The van der Waals surface area contributed by atoms with Crippen LogP contribution in [0.15, 0.2) is 109 Å². The van der Waals surface area contributed by atoms with Crippen LogP contribution in [-0.4, -0.2) is 18.4 Å². The number of nitrogens with one attached hydrogen (secondary N) is 3. The van der Waals surface area contributed by atoms with Crippen molar-refractivity contribution in [2.75, 3.05) is 22.6 Å². The summed E-state index contributed by atoms with van der Waals surface area (Å²) >= 11 is 0. The molecule has 0 aliphatic rings. The van der Waals surface area contributed by atoms with Crippen LogP contribution in [0, 0.1) is 0 Å². The van der Waals surface area contributed by atoms with Crippen molar-refractivity contribution in [1.82, 2.24) is 0 Å². The van der Waals surface area contributed by atoms with E-state index in [2.05, 4.69) is 16.0 Å². The van der Waals surface area contributed by atoms with Crippen LogP contribution < -0.4 is 20.7 Å². The van der Waals surface area contributed by atoms with Crippen molar-refractivity contribution >= 4 is 34.6 Å². The minimum Gasteiger partial charge on any atom is -0.484 e. The average molecular weight is 437 g/mol. The zero-order chi connectivity index (χ0) is 22.9. The van der Waals surface area contributed by atoms with Gasteiger partial charge in [-0.15, -0.1) is 0 Å². The summed E-state index contributed by atoms with van der Waals surface area (Å²) in [7, 11) is 0. The number of benzene rings is 4. The lowest BCUT2D eigenvalue weighted by atomic mass is 10.1. The van der Waals surface area contributed by atoms with Crippen LogP contribution in [0.1, 0.15) is 10.4 Å². The van der Waals surface area contributed by atoms with Crippen LogP contribution in [0.4, 0.5) is 22.7 Å². The Morgan fingerprint density at radius 3 is 2.00 bits per heavy atom. The van der Waals surface area contributed by atoms with Gasteiger partial charge in [0.15, 0.2) is 6.61 Å². The second kappa shape index (κ2) is 10.6. The fourth-order valence-corrected chi connectivity index (χ4v) is 3.20. The number of para-hydroxylation sites is 3. The monoisotopic (exact) mass is 437 g/mol. The van der Waals surface area contributed by atoms with Crippen molar-refractivity contribution in [2.24, 2.45) is 0 Å². The molecule has 4 aromatic carbocycles. The van der Waals surface area contributed by atoms with Gasteiger partial charge in [0.1, 0.15) is 5.75 Å². The van der Waals surface area contributed by atoms with Crippen LogP contribution >= 0.6 is 0 Å². The van der Waals surface area contributed by atoms with Crippen LogP contribution in [0.3, 0.4) is 0 Å². The summed E-state index contributed by atoms with van der Waals surface area (Å²) in [4.78, 5) is 25.2. The van der Waals surface area contributed by atoms with E-state index in [9.17, 15) is 9.59 Å². The van der Waals surface area contributed by atoms with Gasteiger partial charge < -0.3 is 20.7 Å². The third kappa shape index (κ3) is 6.21. The number of carbonyl (C=O) groups is 2. The van der Waals surface area contributed by atoms with Gasteiger partial charge in [-0.2, -0.15) is 0 Å². The maximum Gasteiger partial charge on any atom is 0.262 e. The molecular weight excluding hydrogens is 414 g/mol. The normalized spacial score (nSPS) is 10.2. The van der Waals surface area contributed by atoms with Crippen LogP contribution in [-0.2, 0) is 4.79 Å². The predicted octanol–water partition coefficient (Wildman–Crippen LogP) is 5.70. The van der Waals surface area contributed by atoms with E-state index in [-0.39, 0.29) is 18.4 Å². The van der Waals surface area contributed by atoms with Crippen molar-refractivity contribution in [3.8, 4) is 5.75 Å². The Kier molecular flexibility index (Phi) is 6.98. The Bertz CT molecular complexity index is 1230. The Morgan fingerprint density at radius 1 is 0.636 bits per heavy atom. The third-order valence-corrected chi connectivity index (χ3v) is 4.74. The first-order chi connectivity index (χ1) is 16.2. The summed E-state index contributed by atoms with van der Waals surface area (Å²) in [5.41, 5.74) is 3.22. The number of hydrogen-bond acceptors (Lipinski definition) is 4. The smallest absolute Gasteiger partial charge is 0.262 e. The summed E-state index contributed by atoms with van der Waals surface area (Å²) in [6.45, 7) is -0.112. The molecule has 4 rings (SSSR count). The molecule has 0 aromatic heterocycles. The molecule has 0 radical (unpaired) electrons. The second-order valence-electron chi connectivity index (χ2n) is 7.22. The molecule has 0 aliphatic heterocycles. The lowest BCUT2D eigenvalue weighted by Gasteiger charge is -2.13. The predicted molar refractivity (Wildman–Crippen MR) is 131 cm³/mol. The Balaban J connectivity index is 1.39. The second-order valence-corrected chi connectivity index (χ2v) is 7.22. The first kappa shape index (κ1) is 21.6. The maximum absolute atomic E-state index is 13.0. The molecule has 6 nitrogen and oxygen atoms in total. The number of carbonyl (C=O) groups excluding carboxylic acids is 2. The van der Waals surface area contributed by atoms with Crippen LogP contribution in [0.5, 0.6) is 5.75 Å². The van der Waals surface area contributed by atoms with E-state index >= 15 is 0 Å². The average Bonchev–Trinajstić information content (AvgIpc) is 2.84. The van der Waals surface area contributed by atoms with E-state index in [1.54, 1.807) is 42.5 Å². The molecular formula is C27H23N3O3. The number of anilines is 4. The van der Waals surface area contributed by atoms with Gasteiger partial charge >= 0.3 is 0 Å². The van der Waals surface area contributed by atoms with Crippen molar-refractivity contribution in [2.45, 2.75) is 0 Å². The first-order valence-electron chi connectivity index (χ1n) is 10.5. The van der Waals surface area contributed by atoms with Crippen molar-refractivity contribution in [1.29, 1.82) is 0 Å². The SMILES string of the molecule is O=C(COc1ccccc1)Nc1cccc(NC(=O)c2ccccc2Nc2ccccc2)c1. The molecule has 0 fully saturated rings. The fourth-order valence-electron chi connectivity index (χ4n) is 3.20. The summed E-state index contributed by atoms with van der Waals surface area (Å²) in [6.07, 6.45) is 0. The summed E-state index contributed by atoms with van der Waals surface area (Å²) < 4.78 is 5.47. The molecule has 0 heterocycles. The van der Waals surface area contributed by atoms with Gasteiger partial charge in [-0.25, -0.2) is 0 Å². The molecule has 2 amide bonds. The quantitative estimate of drug-likeness (QED) is 0.330. The Morgan fingerprint density at radius 2 is 1.24 bits per heavy atom. The van der Waals surface area contributed by atoms with E-state index in [4.69, 9.17) is 4.74 Å². The molecule has 0 spiro atoms. The standard InChI is InChI=1S/C27H23N3O3/c31-26(19-33-23-14-5-2-6-15-23)29-21-12-9-13-22(18-21)30-27(32)24-16-7-8-17-25(24)28-20-10-3-1-4-11-20/h1-18,28H,19H2,(H,29,31)(H,30,32). The van der Waals surface area contributed by atoms with Crippen molar-refractivity contribution < 1.29 is 14.3 Å². The van der Waals surface area contributed by atoms with Gasteiger partial charge in [-0.05, 0) is 54.6 Å². The molecule has 0 unspecified atom stereocenters. The summed E-state index contributed by atoms with van der Waals surface area (Å²) in [5.74, 6) is 0.0705. The van der Waals surface area contributed by atoms with E-state index in [0.29, 0.717) is 28.4 Å². The molecule has 0 atom stereocenters.